The maximum absolute atomic E-state index is 10.4. The highest BCUT2D eigenvalue weighted by molar-refractivity contribution is 7.81. The summed E-state index contributed by atoms with van der Waals surface area (Å²) in [7, 11) is 1.24. The van der Waals surface area contributed by atoms with Crippen molar-refractivity contribution in [3.05, 3.63) is 0 Å². The zero-order valence-corrected chi connectivity index (χ0v) is 5.86. The van der Waals surface area contributed by atoms with Crippen LogP contribution in [0.3, 0.4) is 0 Å². The number of Topliss-reactive ketones (excluding diaryl/α,β-unsaturated/α-hetero) is 1. The molecule has 0 saturated heterocycles. The molecule has 0 unspecified atom stereocenters. The zero-order valence-electron chi connectivity index (χ0n) is 5.05. The zero-order chi connectivity index (χ0) is 7.28. The van der Waals surface area contributed by atoms with Gasteiger partial charge in [0.15, 0.2) is 5.78 Å². The molecule has 51 valence electrons. The van der Waals surface area contributed by atoms with Crippen molar-refractivity contribution < 1.29 is 14.3 Å². The van der Waals surface area contributed by atoms with E-state index in [0.717, 1.165) is 0 Å². The Kier molecular flexibility index (Phi) is 4.13. The summed E-state index contributed by atoms with van der Waals surface area (Å²) in [5.41, 5.74) is 0. The lowest BCUT2D eigenvalue weighted by molar-refractivity contribution is -0.142. The van der Waals surface area contributed by atoms with Crippen LogP contribution in [0, 0.1) is 0 Å². The molecule has 0 aliphatic rings. The topological polar surface area (TPSA) is 43.4 Å². The van der Waals surface area contributed by atoms with Gasteiger partial charge in [-0.15, -0.1) is 0 Å². The second-order valence-corrected chi connectivity index (χ2v) is 1.72. The van der Waals surface area contributed by atoms with Crippen molar-refractivity contribution in [2.24, 2.45) is 0 Å². The molecule has 0 bridgehead atoms. The monoisotopic (exact) mass is 147 g/mol. The van der Waals surface area contributed by atoms with Gasteiger partial charge in [-0.1, -0.05) is 12.6 Å². The first kappa shape index (κ1) is 8.49. The molecular formula is C5H7O3S. The van der Waals surface area contributed by atoms with Crippen LogP contribution in [0.15, 0.2) is 0 Å². The van der Waals surface area contributed by atoms with Crippen molar-refractivity contribution in [1.29, 1.82) is 0 Å². The highest BCUT2D eigenvalue weighted by Gasteiger charge is 2.06. The van der Waals surface area contributed by atoms with Gasteiger partial charge < -0.3 is 4.74 Å². The largest absolute Gasteiger partial charge is 0.469 e. The Morgan fingerprint density at radius 3 is 2.44 bits per heavy atom. The molecule has 0 aromatic rings. The number of ketones is 1. The Bertz CT molecular complexity index is 107. The maximum atomic E-state index is 10.4. The molecule has 0 N–H and O–H groups in total. The molecule has 3 nitrogen and oxygen atoms in total. The standard InChI is InChI=1S/C5H7O3S/c1-8-5(7)2-4(6)3-9/h2-3H2,1H3. The number of carbonyl (C=O) groups is 2. The van der Waals surface area contributed by atoms with Crippen LogP contribution in [0.1, 0.15) is 6.42 Å². The van der Waals surface area contributed by atoms with Gasteiger partial charge in [-0.3, -0.25) is 9.59 Å². The average molecular weight is 147 g/mol. The van der Waals surface area contributed by atoms with E-state index in [4.69, 9.17) is 0 Å². The van der Waals surface area contributed by atoms with Gasteiger partial charge >= 0.3 is 5.97 Å². The minimum Gasteiger partial charge on any atom is -0.469 e. The Balaban J connectivity index is 3.47. The van der Waals surface area contributed by atoms with Crippen LogP contribution in [0.5, 0.6) is 0 Å². The number of ether oxygens (including phenoxy) is 1. The Morgan fingerprint density at radius 2 is 2.11 bits per heavy atom. The van der Waals surface area contributed by atoms with E-state index in [1.54, 1.807) is 0 Å². The molecule has 0 amide bonds. The SMILES string of the molecule is COC(=O)CC(=O)C[S]. The molecule has 0 atom stereocenters. The molecule has 0 fully saturated rings. The number of hydrogen-bond donors (Lipinski definition) is 0. The van der Waals surface area contributed by atoms with E-state index in [-0.39, 0.29) is 18.0 Å². The van der Waals surface area contributed by atoms with E-state index in [2.05, 4.69) is 17.4 Å². The summed E-state index contributed by atoms with van der Waals surface area (Å²) in [5.74, 6) is -0.809. The van der Waals surface area contributed by atoms with Crippen LogP contribution in [-0.4, -0.2) is 24.6 Å². The van der Waals surface area contributed by atoms with Crippen LogP contribution < -0.4 is 0 Å². The first-order chi connectivity index (χ1) is 4.20. The van der Waals surface area contributed by atoms with Crippen LogP contribution in [-0.2, 0) is 14.3 Å². The fourth-order valence-electron chi connectivity index (χ4n) is 0.284. The second-order valence-electron chi connectivity index (χ2n) is 1.44. The summed E-state index contributed by atoms with van der Waals surface area (Å²) in [5, 5.41) is 0. The molecule has 1 radical (unpaired) electrons. The molecule has 0 heterocycles. The van der Waals surface area contributed by atoms with Crippen molar-refractivity contribution in [1.82, 2.24) is 0 Å². The normalized spacial score (nSPS) is 8.67. The summed E-state index contributed by atoms with van der Waals surface area (Å²) in [6.07, 6.45) is -0.194. The Labute approximate surface area is 58.8 Å². The highest BCUT2D eigenvalue weighted by Crippen LogP contribution is 1.88. The highest BCUT2D eigenvalue weighted by atomic mass is 32.1. The van der Waals surface area contributed by atoms with Crippen molar-refractivity contribution in [3.63, 3.8) is 0 Å². The third kappa shape index (κ3) is 4.02. The molecule has 0 aromatic carbocycles. The summed E-state index contributed by atoms with van der Waals surface area (Å²) in [6, 6.07) is 0. The minimum absolute atomic E-state index is 0.0188. The molecule has 0 saturated carbocycles. The molecule has 4 heteroatoms. The average Bonchev–Trinajstić information content (AvgIpc) is 1.87. The molecule has 0 aromatic heterocycles. The van der Waals surface area contributed by atoms with E-state index in [9.17, 15) is 9.59 Å². The summed E-state index contributed by atoms with van der Waals surface area (Å²) in [6.45, 7) is 0. The second kappa shape index (κ2) is 4.38. The first-order valence-corrected chi connectivity index (χ1v) is 2.95. The lowest BCUT2D eigenvalue weighted by atomic mass is 10.3. The van der Waals surface area contributed by atoms with E-state index >= 15 is 0 Å². The van der Waals surface area contributed by atoms with Gasteiger partial charge in [-0.25, -0.2) is 0 Å². The third-order valence-corrected chi connectivity index (χ3v) is 1.05. The predicted octanol–water partition coefficient (Wildman–Crippen LogP) is 0.316. The van der Waals surface area contributed by atoms with Crippen LogP contribution in [0.25, 0.3) is 0 Å². The summed E-state index contributed by atoms with van der Waals surface area (Å²) >= 11 is 4.38. The molecule has 0 spiro atoms. The lowest BCUT2D eigenvalue weighted by Gasteiger charge is -1.93. The van der Waals surface area contributed by atoms with E-state index in [0.29, 0.717) is 0 Å². The quantitative estimate of drug-likeness (QED) is 0.426. The van der Waals surface area contributed by atoms with Gasteiger partial charge in [0.05, 0.1) is 12.9 Å². The van der Waals surface area contributed by atoms with Crippen molar-refractivity contribution in [2.75, 3.05) is 12.9 Å². The van der Waals surface area contributed by atoms with Crippen molar-refractivity contribution >= 4 is 24.4 Å². The first-order valence-electron chi connectivity index (χ1n) is 2.37. The molecule has 0 rings (SSSR count). The summed E-state index contributed by atoms with van der Waals surface area (Å²) < 4.78 is 4.22. The van der Waals surface area contributed by atoms with Crippen LogP contribution in [0.4, 0.5) is 0 Å². The van der Waals surface area contributed by atoms with Gasteiger partial charge in [0.1, 0.15) is 6.42 Å². The third-order valence-electron chi connectivity index (χ3n) is 0.730. The number of methoxy groups -OCH3 is 1. The Hall–Kier alpha value is -0.510. The van der Waals surface area contributed by atoms with Crippen LogP contribution in [0.2, 0.25) is 0 Å². The van der Waals surface area contributed by atoms with Crippen molar-refractivity contribution in [2.45, 2.75) is 6.42 Å². The lowest BCUT2D eigenvalue weighted by Crippen LogP contribution is -2.09. The van der Waals surface area contributed by atoms with Gasteiger partial charge in [0, 0.05) is 0 Å². The molecular weight excluding hydrogens is 140 g/mol. The number of rotatable bonds is 3. The van der Waals surface area contributed by atoms with Crippen molar-refractivity contribution in [3.8, 4) is 0 Å². The smallest absolute Gasteiger partial charge is 0.313 e. The fraction of sp³-hybridized carbons (Fsp3) is 0.600. The number of hydrogen-bond acceptors (Lipinski definition) is 3. The maximum Gasteiger partial charge on any atom is 0.313 e. The predicted molar refractivity (Wildman–Crippen MR) is 34.1 cm³/mol. The molecule has 0 aliphatic heterocycles. The molecule has 0 aliphatic carbocycles. The number of esters is 1. The number of carbonyl (C=O) groups excluding carboxylic acids is 2. The van der Waals surface area contributed by atoms with Gasteiger partial charge in [0.2, 0.25) is 0 Å². The van der Waals surface area contributed by atoms with Gasteiger partial charge in [-0.05, 0) is 0 Å². The molecule has 9 heavy (non-hydrogen) atoms. The summed E-state index contributed by atoms with van der Waals surface area (Å²) in [4.78, 5) is 20.7. The Morgan fingerprint density at radius 1 is 1.56 bits per heavy atom. The van der Waals surface area contributed by atoms with Gasteiger partial charge in [0.25, 0.3) is 0 Å². The fourth-order valence-corrected chi connectivity index (χ4v) is 0.386. The van der Waals surface area contributed by atoms with Gasteiger partial charge in [-0.2, -0.15) is 0 Å². The van der Waals surface area contributed by atoms with E-state index < -0.39 is 5.97 Å². The van der Waals surface area contributed by atoms with Crippen LogP contribution >= 0.6 is 12.6 Å². The minimum atomic E-state index is -0.523. The van der Waals surface area contributed by atoms with E-state index in [1.165, 1.54) is 7.11 Å². The van der Waals surface area contributed by atoms with E-state index in [1.807, 2.05) is 0 Å².